The molecule has 2 saturated heterocycles. The van der Waals surface area contributed by atoms with E-state index in [1.54, 1.807) is 0 Å². The van der Waals surface area contributed by atoms with Gasteiger partial charge >= 0.3 is 0 Å². The minimum Gasteiger partial charge on any atom is -0.374 e. The molecule has 0 bridgehead atoms. The van der Waals surface area contributed by atoms with Crippen molar-refractivity contribution in [3.63, 3.8) is 0 Å². The largest absolute Gasteiger partial charge is 0.374 e. The van der Waals surface area contributed by atoms with Crippen molar-refractivity contribution in [2.24, 2.45) is 0 Å². The molecule has 2 aliphatic rings. The van der Waals surface area contributed by atoms with Crippen LogP contribution in [0.15, 0.2) is 24.3 Å². The van der Waals surface area contributed by atoms with E-state index in [1.807, 2.05) is 12.1 Å². The van der Waals surface area contributed by atoms with Crippen LogP contribution in [0.25, 0.3) is 0 Å². The minimum absolute atomic E-state index is 0.340. The molecule has 21 heavy (non-hydrogen) atoms. The smallest absolute Gasteiger partial charge is 0.0827 e. The molecule has 3 atom stereocenters. The zero-order valence-electron chi connectivity index (χ0n) is 12.7. The van der Waals surface area contributed by atoms with Gasteiger partial charge in [0, 0.05) is 30.2 Å². The summed E-state index contributed by atoms with van der Waals surface area (Å²) in [6.07, 6.45) is 4.01. The number of hydrogen-bond acceptors (Lipinski definition) is 3. The van der Waals surface area contributed by atoms with Gasteiger partial charge < -0.3 is 10.1 Å². The summed E-state index contributed by atoms with van der Waals surface area (Å²) in [7, 11) is 0. The van der Waals surface area contributed by atoms with E-state index in [9.17, 15) is 0 Å². The van der Waals surface area contributed by atoms with E-state index in [-0.39, 0.29) is 0 Å². The Morgan fingerprint density at radius 3 is 3.00 bits per heavy atom. The highest BCUT2D eigenvalue weighted by Gasteiger charge is 2.31. The molecule has 0 aliphatic carbocycles. The second-order valence-corrected chi connectivity index (χ2v) is 6.82. The van der Waals surface area contributed by atoms with Crippen LogP contribution < -0.4 is 5.32 Å². The molecule has 4 heteroatoms. The van der Waals surface area contributed by atoms with Crippen LogP contribution >= 0.6 is 11.6 Å². The summed E-state index contributed by atoms with van der Waals surface area (Å²) in [6, 6.07) is 9.26. The fourth-order valence-electron chi connectivity index (χ4n) is 3.39. The lowest BCUT2D eigenvalue weighted by molar-refractivity contribution is -0.0476. The first kappa shape index (κ1) is 15.3. The van der Waals surface area contributed by atoms with E-state index in [0.717, 1.165) is 31.1 Å². The third kappa shape index (κ3) is 4.19. The Labute approximate surface area is 132 Å². The molecule has 2 fully saturated rings. The molecule has 1 N–H and O–H groups in total. The molecule has 3 rings (SSSR count). The van der Waals surface area contributed by atoms with Gasteiger partial charge in [0.25, 0.3) is 0 Å². The number of halogens is 1. The van der Waals surface area contributed by atoms with Crippen LogP contribution in [-0.2, 0) is 11.2 Å². The highest BCUT2D eigenvalue weighted by Crippen LogP contribution is 2.22. The molecule has 2 aliphatic heterocycles. The van der Waals surface area contributed by atoms with Crippen LogP contribution in [0.3, 0.4) is 0 Å². The van der Waals surface area contributed by atoms with Crippen LogP contribution in [0.5, 0.6) is 0 Å². The topological polar surface area (TPSA) is 24.5 Å². The molecule has 3 unspecified atom stereocenters. The molecule has 0 aromatic heterocycles. The van der Waals surface area contributed by atoms with Gasteiger partial charge in [-0.15, -0.1) is 0 Å². The van der Waals surface area contributed by atoms with E-state index in [0.29, 0.717) is 18.2 Å². The lowest BCUT2D eigenvalue weighted by atomic mass is 10.1. The number of rotatable bonds is 5. The van der Waals surface area contributed by atoms with Crippen LogP contribution in [0, 0.1) is 0 Å². The number of morpholine rings is 1. The zero-order valence-corrected chi connectivity index (χ0v) is 13.5. The molecule has 3 nitrogen and oxygen atoms in total. The quantitative estimate of drug-likeness (QED) is 0.905. The Hall–Kier alpha value is -0.610. The van der Waals surface area contributed by atoms with Crippen molar-refractivity contribution >= 4 is 11.6 Å². The average Bonchev–Trinajstić information content (AvgIpc) is 2.95. The van der Waals surface area contributed by atoms with Crippen molar-refractivity contribution in [2.45, 2.75) is 44.4 Å². The molecule has 0 amide bonds. The van der Waals surface area contributed by atoms with E-state index in [2.05, 4.69) is 29.3 Å². The fraction of sp³-hybridized carbons (Fsp3) is 0.647. The van der Waals surface area contributed by atoms with E-state index < -0.39 is 0 Å². The Morgan fingerprint density at radius 2 is 2.19 bits per heavy atom. The molecule has 2 heterocycles. The first-order valence-electron chi connectivity index (χ1n) is 8.04. The first-order valence-corrected chi connectivity index (χ1v) is 8.42. The second-order valence-electron chi connectivity index (χ2n) is 6.39. The van der Waals surface area contributed by atoms with E-state index >= 15 is 0 Å². The molecule has 0 spiro atoms. The Kier molecular flexibility index (Phi) is 5.17. The van der Waals surface area contributed by atoms with Gasteiger partial charge in [-0.2, -0.15) is 0 Å². The van der Waals surface area contributed by atoms with Crippen molar-refractivity contribution in [2.75, 3.05) is 26.2 Å². The SMILES string of the molecule is CC(Cc1ccc(Cl)cc1)NCC1CN2CCCC2CO1. The van der Waals surface area contributed by atoms with Gasteiger partial charge in [0.15, 0.2) is 0 Å². The summed E-state index contributed by atoms with van der Waals surface area (Å²) < 4.78 is 5.99. The van der Waals surface area contributed by atoms with Crippen LogP contribution in [0.2, 0.25) is 5.02 Å². The van der Waals surface area contributed by atoms with Crippen molar-refractivity contribution in [1.29, 1.82) is 0 Å². The Bertz CT molecular complexity index is 451. The normalized spacial score (nSPS) is 27.5. The van der Waals surface area contributed by atoms with Crippen molar-refractivity contribution < 1.29 is 4.74 Å². The minimum atomic E-state index is 0.340. The van der Waals surface area contributed by atoms with E-state index in [1.165, 1.54) is 24.9 Å². The van der Waals surface area contributed by atoms with Gasteiger partial charge in [0.05, 0.1) is 12.7 Å². The third-order valence-electron chi connectivity index (χ3n) is 4.61. The van der Waals surface area contributed by atoms with Gasteiger partial charge in [-0.3, -0.25) is 4.90 Å². The molecule has 0 saturated carbocycles. The second kappa shape index (κ2) is 7.10. The van der Waals surface area contributed by atoms with Gasteiger partial charge in [0.2, 0.25) is 0 Å². The number of ether oxygens (including phenoxy) is 1. The molecule has 1 aromatic carbocycles. The average molecular weight is 309 g/mol. The third-order valence-corrected chi connectivity index (χ3v) is 4.86. The first-order chi connectivity index (χ1) is 10.2. The number of nitrogens with zero attached hydrogens (tertiary/aromatic N) is 1. The van der Waals surface area contributed by atoms with Gasteiger partial charge in [0.1, 0.15) is 0 Å². The molecule has 1 aromatic rings. The predicted octanol–water partition coefficient (Wildman–Crippen LogP) is 2.72. The lowest BCUT2D eigenvalue weighted by Crippen LogP contribution is -2.50. The summed E-state index contributed by atoms with van der Waals surface area (Å²) in [6.45, 7) is 6.43. The summed E-state index contributed by atoms with van der Waals surface area (Å²) in [5, 5.41) is 4.41. The highest BCUT2D eigenvalue weighted by molar-refractivity contribution is 6.30. The monoisotopic (exact) mass is 308 g/mol. The van der Waals surface area contributed by atoms with Crippen molar-refractivity contribution in [3.8, 4) is 0 Å². The summed E-state index contributed by atoms with van der Waals surface area (Å²) in [5.74, 6) is 0. The molecular formula is C17H25ClN2O. The van der Waals surface area contributed by atoms with Gasteiger partial charge in [-0.05, 0) is 50.4 Å². The standard InChI is InChI=1S/C17H25ClN2O/c1-13(9-14-4-6-15(18)7-5-14)19-10-17-11-20-8-2-3-16(20)12-21-17/h4-7,13,16-17,19H,2-3,8-12H2,1H3. The maximum atomic E-state index is 5.99. The number of fused-ring (bicyclic) bond motifs is 1. The zero-order chi connectivity index (χ0) is 14.7. The maximum Gasteiger partial charge on any atom is 0.0827 e. The van der Waals surface area contributed by atoms with Crippen LogP contribution in [0.4, 0.5) is 0 Å². The van der Waals surface area contributed by atoms with Crippen LogP contribution in [0.1, 0.15) is 25.3 Å². The summed E-state index contributed by atoms with van der Waals surface area (Å²) >= 11 is 5.92. The molecule has 0 radical (unpaired) electrons. The fourth-order valence-corrected chi connectivity index (χ4v) is 3.51. The highest BCUT2D eigenvalue weighted by atomic mass is 35.5. The number of hydrogen-bond donors (Lipinski definition) is 1. The molecular weight excluding hydrogens is 284 g/mol. The predicted molar refractivity (Wildman–Crippen MR) is 87.0 cm³/mol. The lowest BCUT2D eigenvalue weighted by Gasteiger charge is -2.35. The van der Waals surface area contributed by atoms with Crippen molar-refractivity contribution in [3.05, 3.63) is 34.9 Å². The summed E-state index contributed by atoms with van der Waals surface area (Å²) in [4.78, 5) is 2.60. The van der Waals surface area contributed by atoms with Crippen LogP contribution in [-0.4, -0.2) is 49.3 Å². The number of benzene rings is 1. The summed E-state index contributed by atoms with van der Waals surface area (Å²) in [5.41, 5.74) is 1.32. The van der Waals surface area contributed by atoms with E-state index in [4.69, 9.17) is 16.3 Å². The Morgan fingerprint density at radius 1 is 1.38 bits per heavy atom. The van der Waals surface area contributed by atoms with Gasteiger partial charge in [-0.1, -0.05) is 23.7 Å². The number of nitrogens with one attached hydrogen (secondary N) is 1. The molecule has 116 valence electrons. The Balaban J connectivity index is 1.41. The maximum absolute atomic E-state index is 5.99. The van der Waals surface area contributed by atoms with Crippen molar-refractivity contribution in [1.82, 2.24) is 10.2 Å². The van der Waals surface area contributed by atoms with Gasteiger partial charge in [-0.25, -0.2) is 0 Å².